The van der Waals surface area contributed by atoms with Gasteiger partial charge < -0.3 is 20.5 Å². The number of hydrogen-bond acceptors (Lipinski definition) is 3. The van der Waals surface area contributed by atoms with Gasteiger partial charge in [0.15, 0.2) is 0 Å². The summed E-state index contributed by atoms with van der Waals surface area (Å²) >= 11 is 0. The van der Waals surface area contributed by atoms with Crippen molar-refractivity contribution in [3.8, 4) is 0 Å². The first-order valence-corrected chi connectivity index (χ1v) is 7.26. The SMILES string of the molecule is O=C(NCc1ccc(C(F)(F)F)cc1)NCC1(O)CCOCC1. The summed E-state index contributed by atoms with van der Waals surface area (Å²) < 4.78 is 42.4. The highest BCUT2D eigenvalue weighted by Crippen LogP contribution is 2.29. The first-order valence-electron chi connectivity index (χ1n) is 7.26. The molecule has 1 aliphatic rings. The Balaban J connectivity index is 1.76. The van der Waals surface area contributed by atoms with Gasteiger partial charge in [0.25, 0.3) is 0 Å². The second kappa shape index (κ2) is 7.18. The predicted molar refractivity (Wildman–Crippen MR) is 76.7 cm³/mol. The van der Waals surface area contributed by atoms with Gasteiger partial charge in [0, 0.05) is 39.1 Å². The Morgan fingerprint density at radius 2 is 1.78 bits per heavy atom. The maximum Gasteiger partial charge on any atom is 0.416 e. The highest BCUT2D eigenvalue weighted by atomic mass is 19.4. The summed E-state index contributed by atoms with van der Waals surface area (Å²) in [6, 6.07) is 4.09. The number of halogens is 3. The molecule has 1 aromatic rings. The minimum Gasteiger partial charge on any atom is -0.388 e. The van der Waals surface area contributed by atoms with Crippen LogP contribution in [0.15, 0.2) is 24.3 Å². The zero-order valence-corrected chi connectivity index (χ0v) is 12.4. The first kappa shape index (κ1) is 17.6. The Hall–Kier alpha value is -1.80. The summed E-state index contributed by atoms with van der Waals surface area (Å²) in [4.78, 5) is 11.7. The largest absolute Gasteiger partial charge is 0.416 e. The number of rotatable bonds is 4. The molecule has 128 valence electrons. The Kier molecular flexibility index (Phi) is 5.48. The number of benzene rings is 1. The molecule has 8 heteroatoms. The van der Waals surface area contributed by atoms with Gasteiger partial charge in [0.05, 0.1) is 11.2 Å². The van der Waals surface area contributed by atoms with Crippen LogP contribution >= 0.6 is 0 Å². The fourth-order valence-corrected chi connectivity index (χ4v) is 2.23. The van der Waals surface area contributed by atoms with Crippen LogP contribution < -0.4 is 10.6 Å². The Bertz CT molecular complexity index is 526. The zero-order chi connectivity index (χ0) is 16.9. The van der Waals surface area contributed by atoms with Crippen molar-refractivity contribution in [3.05, 3.63) is 35.4 Å². The van der Waals surface area contributed by atoms with Crippen molar-refractivity contribution in [1.29, 1.82) is 0 Å². The number of nitrogens with one attached hydrogen (secondary N) is 2. The van der Waals surface area contributed by atoms with E-state index in [1.807, 2.05) is 0 Å². The zero-order valence-electron chi connectivity index (χ0n) is 12.4. The minimum atomic E-state index is -4.37. The van der Waals surface area contributed by atoms with Gasteiger partial charge in [-0.05, 0) is 17.7 Å². The number of urea groups is 1. The highest BCUT2D eigenvalue weighted by molar-refractivity contribution is 5.73. The van der Waals surface area contributed by atoms with E-state index in [-0.39, 0.29) is 13.1 Å². The van der Waals surface area contributed by atoms with Crippen LogP contribution in [-0.2, 0) is 17.5 Å². The van der Waals surface area contributed by atoms with Crippen LogP contribution in [-0.4, -0.2) is 36.5 Å². The Morgan fingerprint density at radius 3 is 2.35 bits per heavy atom. The second-order valence-electron chi connectivity index (χ2n) is 5.57. The number of ether oxygens (including phenoxy) is 1. The third-order valence-corrected chi connectivity index (χ3v) is 3.74. The molecule has 0 unspecified atom stereocenters. The van der Waals surface area contributed by atoms with E-state index in [9.17, 15) is 23.1 Å². The van der Waals surface area contributed by atoms with E-state index in [2.05, 4.69) is 10.6 Å². The van der Waals surface area contributed by atoms with Crippen molar-refractivity contribution in [3.63, 3.8) is 0 Å². The van der Waals surface area contributed by atoms with Crippen molar-refractivity contribution >= 4 is 6.03 Å². The lowest BCUT2D eigenvalue weighted by Gasteiger charge is -2.32. The van der Waals surface area contributed by atoms with Gasteiger partial charge in [-0.15, -0.1) is 0 Å². The third-order valence-electron chi connectivity index (χ3n) is 3.74. The van der Waals surface area contributed by atoms with E-state index in [0.717, 1.165) is 12.1 Å². The molecule has 0 atom stereocenters. The predicted octanol–water partition coefficient (Wildman–Crippen LogP) is 2.05. The van der Waals surface area contributed by atoms with E-state index in [4.69, 9.17) is 4.74 Å². The highest BCUT2D eigenvalue weighted by Gasteiger charge is 2.30. The summed E-state index contributed by atoms with van der Waals surface area (Å²) in [6.45, 7) is 1.11. The number of carbonyl (C=O) groups excluding carboxylic acids is 1. The molecule has 1 aromatic carbocycles. The molecule has 1 aliphatic heterocycles. The molecule has 0 radical (unpaired) electrons. The van der Waals surface area contributed by atoms with Crippen molar-refractivity contribution in [1.82, 2.24) is 10.6 Å². The van der Waals surface area contributed by atoms with Crippen molar-refractivity contribution in [2.24, 2.45) is 0 Å². The number of alkyl halides is 3. The fraction of sp³-hybridized carbons (Fsp3) is 0.533. The lowest BCUT2D eigenvalue weighted by molar-refractivity contribution is -0.137. The smallest absolute Gasteiger partial charge is 0.388 e. The van der Waals surface area contributed by atoms with Gasteiger partial charge >= 0.3 is 12.2 Å². The molecule has 5 nitrogen and oxygen atoms in total. The second-order valence-corrected chi connectivity index (χ2v) is 5.57. The molecule has 0 aromatic heterocycles. The van der Waals surface area contributed by atoms with Crippen molar-refractivity contribution in [2.45, 2.75) is 31.2 Å². The summed E-state index contributed by atoms with van der Waals surface area (Å²) in [5.41, 5.74) is -1.14. The molecule has 0 spiro atoms. The molecule has 23 heavy (non-hydrogen) atoms. The minimum absolute atomic E-state index is 0.103. The van der Waals surface area contributed by atoms with Crippen LogP contribution in [0, 0.1) is 0 Å². The molecule has 0 aliphatic carbocycles. The molecular formula is C15H19F3N2O3. The molecule has 1 heterocycles. The molecular weight excluding hydrogens is 313 g/mol. The quantitative estimate of drug-likeness (QED) is 0.790. The van der Waals surface area contributed by atoms with E-state index < -0.39 is 23.4 Å². The van der Waals surface area contributed by atoms with Crippen molar-refractivity contribution in [2.75, 3.05) is 19.8 Å². The van der Waals surface area contributed by atoms with E-state index in [0.29, 0.717) is 31.6 Å². The van der Waals surface area contributed by atoms with Gasteiger partial charge in [-0.2, -0.15) is 13.2 Å². The van der Waals surface area contributed by atoms with Crippen LogP contribution in [0.3, 0.4) is 0 Å². The lowest BCUT2D eigenvalue weighted by Crippen LogP contribution is -2.48. The van der Waals surface area contributed by atoms with Gasteiger partial charge in [-0.1, -0.05) is 12.1 Å². The number of amides is 2. The monoisotopic (exact) mass is 332 g/mol. The Labute approximate surface area is 131 Å². The average Bonchev–Trinajstić information content (AvgIpc) is 2.51. The Morgan fingerprint density at radius 1 is 1.17 bits per heavy atom. The fourth-order valence-electron chi connectivity index (χ4n) is 2.23. The molecule has 1 saturated heterocycles. The summed E-state index contributed by atoms with van der Waals surface area (Å²) in [5.74, 6) is 0. The number of carbonyl (C=O) groups is 1. The number of aliphatic hydroxyl groups is 1. The average molecular weight is 332 g/mol. The maximum absolute atomic E-state index is 12.4. The topological polar surface area (TPSA) is 70.6 Å². The first-order chi connectivity index (χ1) is 10.8. The lowest BCUT2D eigenvalue weighted by atomic mass is 9.94. The van der Waals surface area contributed by atoms with Crippen LogP contribution in [0.5, 0.6) is 0 Å². The summed E-state index contributed by atoms with van der Waals surface area (Å²) in [7, 11) is 0. The van der Waals surface area contributed by atoms with Crippen LogP contribution in [0.1, 0.15) is 24.0 Å². The van der Waals surface area contributed by atoms with E-state index in [1.54, 1.807) is 0 Å². The molecule has 2 amide bonds. The maximum atomic E-state index is 12.4. The van der Waals surface area contributed by atoms with Crippen molar-refractivity contribution < 1.29 is 27.8 Å². The summed E-state index contributed by atoms with van der Waals surface area (Å²) in [6.07, 6.45) is -3.47. The van der Waals surface area contributed by atoms with Crippen LogP contribution in [0.2, 0.25) is 0 Å². The van der Waals surface area contributed by atoms with Gasteiger partial charge in [-0.3, -0.25) is 0 Å². The summed E-state index contributed by atoms with van der Waals surface area (Å²) in [5, 5.41) is 15.3. The molecule has 1 fully saturated rings. The van der Waals surface area contributed by atoms with E-state index in [1.165, 1.54) is 12.1 Å². The third kappa shape index (κ3) is 5.40. The normalized spacial score (nSPS) is 17.6. The molecule has 2 rings (SSSR count). The van der Waals surface area contributed by atoms with Gasteiger partial charge in [0.1, 0.15) is 0 Å². The van der Waals surface area contributed by atoms with Gasteiger partial charge in [-0.25, -0.2) is 4.79 Å². The molecule has 3 N–H and O–H groups in total. The van der Waals surface area contributed by atoms with E-state index >= 15 is 0 Å². The van der Waals surface area contributed by atoms with Crippen LogP contribution in [0.25, 0.3) is 0 Å². The van der Waals surface area contributed by atoms with Crippen LogP contribution in [0.4, 0.5) is 18.0 Å². The molecule has 0 bridgehead atoms. The standard InChI is InChI=1S/C15H19F3N2O3/c16-15(17,18)12-3-1-11(2-4-12)9-19-13(21)20-10-14(22)5-7-23-8-6-14/h1-4,22H,5-10H2,(H2,19,20,21). The number of hydrogen-bond donors (Lipinski definition) is 3. The molecule has 0 saturated carbocycles. The van der Waals surface area contributed by atoms with Gasteiger partial charge in [0.2, 0.25) is 0 Å².